The maximum absolute atomic E-state index is 3.67. The highest BCUT2D eigenvalue weighted by atomic mass is 79.9. The van der Waals surface area contributed by atoms with Crippen molar-refractivity contribution < 1.29 is 0 Å². The summed E-state index contributed by atoms with van der Waals surface area (Å²) < 4.78 is 1.13. The van der Waals surface area contributed by atoms with Gasteiger partial charge in [-0.25, -0.2) is 0 Å². The summed E-state index contributed by atoms with van der Waals surface area (Å²) in [5.74, 6) is 0.586. The van der Waals surface area contributed by atoms with E-state index in [-0.39, 0.29) is 0 Å². The first-order valence-corrected chi connectivity index (χ1v) is 8.38. The predicted octanol–water partition coefficient (Wildman–Crippen LogP) is 5.98. The van der Waals surface area contributed by atoms with Gasteiger partial charge in [0.2, 0.25) is 0 Å². The maximum Gasteiger partial charge on any atom is 0.0297 e. The van der Waals surface area contributed by atoms with E-state index in [2.05, 4.69) is 97.5 Å². The van der Waals surface area contributed by atoms with Crippen molar-refractivity contribution in [3.8, 4) is 0 Å². The largest absolute Gasteiger partial charge is 0.304 e. The van der Waals surface area contributed by atoms with E-state index in [1.807, 2.05) is 0 Å². The standard InChI is InChI=1S/C19H24BrN/c1-13(2)16-8-10-17(11-9-16)14(3)21-15(4)18-6-5-7-19(20)12-18/h5-15,21H,1-4H3. The molecule has 0 spiro atoms. The Labute approximate surface area is 136 Å². The van der Waals surface area contributed by atoms with Crippen molar-refractivity contribution in [1.82, 2.24) is 5.32 Å². The van der Waals surface area contributed by atoms with Crippen LogP contribution in [0.15, 0.2) is 53.0 Å². The summed E-state index contributed by atoms with van der Waals surface area (Å²) in [5, 5.41) is 3.67. The Kier molecular flexibility index (Phi) is 5.60. The zero-order valence-corrected chi connectivity index (χ0v) is 14.8. The van der Waals surface area contributed by atoms with Gasteiger partial charge in [0.15, 0.2) is 0 Å². The molecule has 1 N–H and O–H groups in total. The summed E-state index contributed by atoms with van der Waals surface area (Å²) >= 11 is 3.54. The van der Waals surface area contributed by atoms with Crippen molar-refractivity contribution in [2.75, 3.05) is 0 Å². The third-order valence-corrected chi connectivity index (χ3v) is 4.45. The van der Waals surface area contributed by atoms with Gasteiger partial charge in [-0.3, -0.25) is 0 Å². The van der Waals surface area contributed by atoms with Gasteiger partial charge in [-0.1, -0.05) is 66.2 Å². The lowest BCUT2D eigenvalue weighted by atomic mass is 9.99. The van der Waals surface area contributed by atoms with Crippen molar-refractivity contribution >= 4 is 15.9 Å². The number of hydrogen-bond acceptors (Lipinski definition) is 1. The summed E-state index contributed by atoms with van der Waals surface area (Å²) in [6.45, 7) is 8.89. The van der Waals surface area contributed by atoms with Gasteiger partial charge in [0, 0.05) is 16.6 Å². The molecule has 21 heavy (non-hydrogen) atoms. The minimum absolute atomic E-state index is 0.322. The molecule has 0 aliphatic heterocycles. The molecular weight excluding hydrogens is 322 g/mol. The second-order valence-electron chi connectivity index (χ2n) is 5.99. The number of rotatable bonds is 5. The Bertz CT molecular complexity index is 574. The quantitative estimate of drug-likeness (QED) is 0.702. The molecule has 2 unspecified atom stereocenters. The number of halogens is 1. The minimum Gasteiger partial charge on any atom is -0.304 e. The molecule has 2 rings (SSSR count). The van der Waals surface area contributed by atoms with E-state index < -0.39 is 0 Å². The highest BCUT2D eigenvalue weighted by molar-refractivity contribution is 9.10. The monoisotopic (exact) mass is 345 g/mol. The van der Waals surface area contributed by atoms with Crippen molar-refractivity contribution in [3.63, 3.8) is 0 Å². The molecule has 0 saturated heterocycles. The van der Waals surface area contributed by atoms with Crippen LogP contribution in [-0.4, -0.2) is 0 Å². The molecule has 0 saturated carbocycles. The molecule has 0 bridgehead atoms. The molecule has 0 heterocycles. The van der Waals surface area contributed by atoms with E-state index in [0.717, 1.165) is 4.47 Å². The third-order valence-electron chi connectivity index (χ3n) is 3.95. The van der Waals surface area contributed by atoms with Crippen LogP contribution in [0.4, 0.5) is 0 Å². The summed E-state index contributed by atoms with van der Waals surface area (Å²) in [4.78, 5) is 0. The first-order chi connectivity index (χ1) is 9.97. The molecule has 0 aliphatic rings. The first kappa shape index (κ1) is 16.3. The van der Waals surface area contributed by atoms with E-state index in [4.69, 9.17) is 0 Å². The fourth-order valence-electron chi connectivity index (χ4n) is 2.51. The van der Waals surface area contributed by atoms with Crippen LogP contribution >= 0.6 is 15.9 Å². The van der Waals surface area contributed by atoms with Crippen LogP contribution in [0.1, 0.15) is 62.4 Å². The Balaban J connectivity index is 2.05. The molecule has 0 amide bonds. The van der Waals surface area contributed by atoms with Gasteiger partial charge in [-0.2, -0.15) is 0 Å². The minimum atomic E-state index is 0.322. The van der Waals surface area contributed by atoms with Crippen LogP contribution < -0.4 is 5.32 Å². The number of hydrogen-bond donors (Lipinski definition) is 1. The van der Waals surface area contributed by atoms with Gasteiger partial charge >= 0.3 is 0 Å². The molecule has 2 aromatic rings. The van der Waals surface area contributed by atoms with Crippen LogP contribution in [0.25, 0.3) is 0 Å². The summed E-state index contributed by atoms with van der Waals surface area (Å²) in [6.07, 6.45) is 0. The molecule has 0 aromatic heterocycles. The lowest BCUT2D eigenvalue weighted by molar-refractivity contribution is 0.494. The highest BCUT2D eigenvalue weighted by Gasteiger charge is 2.11. The fraction of sp³-hybridized carbons (Fsp3) is 0.368. The molecule has 1 nitrogen and oxygen atoms in total. The van der Waals surface area contributed by atoms with Crippen LogP contribution in [0.3, 0.4) is 0 Å². The molecule has 0 radical (unpaired) electrons. The fourth-order valence-corrected chi connectivity index (χ4v) is 2.93. The average Bonchev–Trinajstić information content (AvgIpc) is 2.47. The SMILES string of the molecule is CC(C)c1ccc(C(C)NC(C)c2cccc(Br)c2)cc1. The van der Waals surface area contributed by atoms with Crippen LogP contribution in [0, 0.1) is 0 Å². The smallest absolute Gasteiger partial charge is 0.0297 e. The number of nitrogens with one attached hydrogen (secondary N) is 1. The topological polar surface area (TPSA) is 12.0 Å². The zero-order valence-electron chi connectivity index (χ0n) is 13.2. The molecule has 112 valence electrons. The van der Waals surface area contributed by atoms with Gasteiger partial charge in [0.05, 0.1) is 0 Å². The Morgan fingerprint density at radius 2 is 1.33 bits per heavy atom. The second kappa shape index (κ2) is 7.24. The van der Waals surface area contributed by atoms with Crippen molar-refractivity contribution in [3.05, 3.63) is 69.7 Å². The van der Waals surface area contributed by atoms with Gasteiger partial charge < -0.3 is 5.32 Å². The summed E-state index contributed by atoms with van der Waals surface area (Å²) in [7, 11) is 0. The predicted molar refractivity (Wildman–Crippen MR) is 94.6 cm³/mol. The van der Waals surface area contributed by atoms with E-state index in [1.54, 1.807) is 0 Å². The van der Waals surface area contributed by atoms with Crippen molar-refractivity contribution in [2.45, 2.75) is 45.7 Å². The Morgan fingerprint density at radius 1 is 0.762 bits per heavy atom. The van der Waals surface area contributed by atoms with Crippen molar-refractivity contribution in [1.29, 1.82) is 0 Å². The lowest BCUT2D eigenvalue weighted by Crippen LogP contribution is -2.22. The van der Waals surface area contributed by atoms with Crippen LogP contribution in [0.2, 0.25) is 0 Å². The van der Waals surface area contributed by atoms with Gasteiger partial charge in [0.1, 0.15) is 0 Å². The summed E-state index contributed by atoms with van der Waals surface area (Å²) in [5.41, 5.74) is 4.03. The van der Waals surface area contributed by atoms with E-state index in [0.29, 0.717) is 18.0 Å². The highest BCUT2D eigenvalue weighted by Crippen LogP contribution is 2.23. The van der Waals surface area contributed by atoms with E-state index >= 15 is 0 Å². The second-order valence-corrected chi connectivity index (χ2v) is 6.90. The van der Waals surface area contributed by atoms with Gasteiger partial charge in [-0.15, -0.1) is 0 Å². The molecule has 0 aliphatic carbocycles. The summed E-state index contributed by atoms with van der Waals surface area (Å²) in [6, 6.07) is 18.1. The lowest BCUT2D eigenvalue weighted by Gasteiger charge is -2.21. The van der Waals surface area contributed by atoms with Crippen LogP contribution in [0.5, 0.6) is 0 Å². The maximum atomic E-state index is 3.67. The van der Waals surface area contributed by atoms with Crippen molar-refractivity contribution in [2.24, 2.45) is 0 Å². The van der Waals surface area contributed by atoms with Gasteiger partial charge in [0.25, 0.3) is 0 Å². The molecule has 2 heteroatoms. The Morgan fingerprint density at radius 3 is 1.90 bits per heavy atom. The normalized spacial score (nSPS) is 14.2. The molecule has 0 fully saturated rings. The molecular formula is C19H24BrN. The number of benzene rings is 2. The van der Waals surface area contributed by atoms with E-state index in [9.17, 15) is 0 Å². The first-order valence-electron chi connectivity index (χ1n) is 7.58. The van der Waals surface area contributed by atoms with E-state index in [1.165, 1.54) is 16.7 Å². The Hall–Kier alpha value is -1.12. The molecule has 2 aromatic carbocycles. The zero-order chi connectivity index (χ0) is 15.4. The average molecular weight is 346 g/mol. The molecule has 2 atom stereocenters. The van der Waals surface area contributed by atoms with Gasteiger partial charge in [-0.05, 0) is 48.6 Å². The van der Waals surface area contributed by atoms with Crippen LogP contribution in [-0.2, 0) is 0 Å². The third kappa shape index (κ3) is 4.42.